The molecular formula is C17H25NO3. The Balaban J connectivity index is 1.78. The predicted octanol–water partition coefficient (Wildman–Crippen LogP) is 2.60. The number of carbonyl (C=O) groups excluding carboxylic acids is 1. The third-order valence-corrected chi connectivity index (χ3v) is 3.88. The van der Waals surface area contributed by atoms with Crippen molar-refractivity contribution in [3.8, 4) is 5.75 Å². The van der Waals surface area contributed by atoms with Crippen molar-refractivity contribution in [2.24, 2.45) is 5.92 Å². The molecule has 1 aliphatic rings. The Morgan fingerprint density at radius 3 is 2.90 bits per heavy atom. The molecule has 0 aliphatic carbocycles. The van der Waals surface area contributed by atoms with Crippen LogP contribution in [0.25, 0.3) is 0 Å². The number of benzene rings is 1. The van der Waals surface area contributed by atoms with Crippen molar-refractivity contribution in [1.82, 2.24) is 4.90 Å². The number of aromatic hydroxyl groups is 1. The molecule has 0 radical (unpaired) electrons. The highest BCUT2D eigenvalue weighted by Crippen LogP contribution is 2.19. The molecule has 1 N–H and O–H groups in total. The van der Waals surface area contributed by atoms with Crippen LogP contribution >= 0.6 is 0 Å². The molecule has 1 amide bonds. The van der Waals surface area contributed by atoms with Gasteiger partial charge in [-0.05, 0) is 24.8 Å². The van der Waals surface area contributed by atoms with Crippen molar-refractivity contribution >= 4 is 5.91 Å². The quantitative estimate of drug-likeness (QED) is 0.876. The van der Waals surface area contributed by atoms with Crippen LogP contribution in [0.3, 0.4) is 0 Å². The third kappa shape index (κ3) is 4.74. The van der Waals surface area contributed by atoms with Crippen molar-refractivity contribution in [1.29, 1.82) is 0 Å². The molecule has 0 saturated carbocycles. The SMILES string of the molecule is CC(C)CCO[C@H]1CCN(C(=O)Cc2ccccc2O)C1. The van der Waals surface area contributed by atoms with E-state index >= 15 is 0 Å². The molecule has 2 rings (SSSR count). The van der Waals surface area contributed by atoms with Crippen molar-refractivity contribution in [3.05, 3.63) is 29.8 Å². The molecule has 1 atom stereocenters. The van der Waals surface area contributed by atoms with Crippen LogP contribution in [0.1, 0.15) is 32.3 Å². The number of ether oxygens (including phenoxy) is 1. The van der Waals surface area contributed by atoms with Gasteiger partial charge in [0, 0.05) is 25.3 Å². The van der Waals surface area contributed by atoms with E-state index in [-0.39, 0.29) is 24.2 Å². The molecule has 4 nitrogen and oxygen atoms in total. The second kappa shape index (κ2) is 7.46. The Morgan fingerprint density at radius 2 is 2.19 bits per heavy atom. The number of hydrogen-bond acceptors (Lipinski definition) is 3. The maximum Gasteiger partial charge on any atom is 0.227 e. The van der Waals surface area contributed by atoms with Gasteiger partial charge in [-0.2, -0.15) is 0 Å². The Kier molecular flexibility index (Phi) is 5.62. The maximum absolute atomic E-state index is 12.3. The van der Waals surface area contributed by atoms with Gasteiger partial charge >= 0.3 is 0 Å². The maximum atomic E-state index is 12.3. The van der Waals surface area contributed by atoms with Gasteiger partial charge in [0.05, 0.1) is 12.5 Å². The average molecular weight is 291 g/mol. The van der Waals surface area contributed by atoms with E-state index in [1.807, 2.05) is 11.0 Å². The number of phenols is 1. The third-order valence-electron chi connectivity index (χ3n) is 3.88. The summed E-state index contributed by atoms with van der Waals surface area (Å²) in [5.41, 5.74) is 0.687. The molecule has 4 heteroatoms. The fourth-order valence-corrected chi connectivity index (χ4v) is 2.50. The summed E-state index contributed by atoms with van der Waals surface area (Å²) in [6.45, 7) is 6.55. The molecule has 0 aromatic heterocycles. The van der Waals surface area contributed by atoms with Gasteiger partial charge in [-0.25, -0.2) is 0 Å². The monoisotopic (exact) mass is 291 g/mol. The van der Waals surface area contributed by atoms with Gasteiger partial charge < -0.3 is 14.7 Å². The fraction of sp³-hybridized carbons (Fsp3) is 0.588. The standard InChI is InChI=1S/C17H25NO3/c1-13(2)8-10-21-15-7-9-18(12-15)17(20)11-14-5-3-4-6-16(14)19/h3-6,13,15,19H,7-12H2,1-2H3/t15-/m0/s1. The number of amides is 1. The van der Waals surface area contributed by atoms with Gasteiger partial charge in [0.25, 0.3) is 0 Å². The Labute approximate surface area is 126 Å². The number of carbonyl (C=O) groups is 1. The molecule has 1 saturated heterocycles. The number of rotatable bonds is 6. The van der Waals surface area contributed by atoms with Crippen molar-refractivity contribution < 1.29 is 14.6 Å². The minimum Gasteiger partial charge on any atom is -0.508 e. The minimum absolute atomic E-state index is 0.0615. The van der Waals surface area contributed by atoms with E-state index in [2.05, 4.69) is 13.8 Å². The van der Waals surface area contributed by atoms with Crippen LogP contribution in [0.15, 0.2) is 24.3 Å². The summed E-state index contributed by atoms with van der Waals surface area (Å²) < 4.78 is 5.82. The predicted molar refractivity (Wildman–Crippen MR) is 82.2 cm³/mol. The van der Waals surface area contributed by atoms with Gasteiger partial charge in [0.2, 0.25) is 5.91 Å². The Morgan fingerprint density at radius 1 is 1.43 bits per heavy atom. The number of phenolic OH excluding ortho intramolecular Hbond substituents is 1. The van der Waals surface area contributed by atoms with E-state index in [0.717, 1.165) is 26.0 Å². The first kappa shape index (κ1) is 15.8. The average Bonchev–Trinajstić information content (AvgIpc) is 2.90. The molecule has 21 heavy (non-hydrogen) atoms. The van der Waals surface area contributed by atoms with Crippen LogP contribution in [0.2, 0.25) is 0 Å². The second-order valence-electron chi connectivity index (χ2n) is 6.11. The van der Waals surface area contributed by atoms with Crippen molar-refractivity contribution in [2.75, 3.05) is 19.7 Å². The summed E-state index contributed by atoms with van der Waals surface area (Å²) in [6.07, 6.45) is 2.38. The fourth-order valence-electron chi connectivity index (χ4n) is 2.50. The van der Waals surface area contributed by atoms with E-state index in [1.165, 1.54) is 0 Å². The summed E-state index contributed by atoms with van der Waals surface area (Å²) in [4.78, 5) is 14.1. The highest BCUT2D eigenvalue weighted by molar-refractivity contribution is 5.79. The van der Waals surface area contributed by atoms with E-state index in [4.69, 9.17) is 4.74 Å². The van der Waals surface area contributed by atoms with Crippen molar-refractivity contribution in [3.63, 3.8) is 0 Å². The largest absolute Gasteiger partial charge is 0.508 e. The van der Waals surface area contributed by atoms with Crippen LogP contribution in [0.4, 0.5) is 0 Å². The lowest BCUT2D eigenvalue weighted by molar-refractivity contribution is -0.130. The van der Waals surface area contributed by atoms with Gasteiger partial charge in [-0.15, -0.1) is 0 Å². The smallest absolute Gasteiger partial charge is 0.227 e. The highest BCUT2D eigenvalue weighted by Gasteiger charge is 2.27. The first-order valence-electron chi connectivity index (χ1n) is 7.72. The molecule has 1 aromatic carbocycles. The summed E-state index contributed by atoms with van der Waals surface area (Å²) in [7, 11) is 0. The van der Waals surface area contributed by atoms with E-state index < -0.39 is 0 Å². The molecule has 1 aliphatic heterocycles. The number of nitrogens with zero attached hydrogens (tertiary/aromatic N) is 1. The molecule has 0 bridgehead atoms. The zero-order valence-corrected chi connectivity index (χ0v) is 12.9. The Hall–Kier alpha value is -1.55. The normalized spacial score (nSPS) is 18.4. The lowest BCUT2D eigenvalue weighted by Crippen LogP contribution is -2.31. The summed E-state index contributed by atoms with van der Waals surface area (Å²) in [5, 5.41) is 9.73. The van der Waals surface area contributed by atoms with E-state index in [0.29, 0.717) is 18.0 Å². The number of likely N-dealkylation sites (tertiary alicyclic amines) is 1. The summed E-state index contributed by atoms with van der Waals surface area (Å²) in [5.74, 6) is 0.895. The lowest BCUT2D eigenvalue weighted by Gasteiger charge is -2.17. The number of para-hydroxylation sites is 1. The molecule has 1 aromatic rings. The Bertz CT molecular complexity index is 473. The van der Waals surface area contributed by atoms with Gasteiger partial charge in [-0.1, -0.05) is 32.0 Å². The number of hydrogen-bond donors (Lipinski definition) is 1. The zero-order chi connectivity index (χ0) is 15.2. The van der Waals surface area contributed by atoms with Gasteiger partial charge in [0.1, 0.15) is 5.75 Å². The molecule has 116 valence electrons. The lowest BCUT2D eigenvalue weighted by atomic mass is 10.1. The zero-order valence-electron chi connectivity index (χ0n) is 12.9. The molecule has 0 unspecified atom stereocenters. The second-order valence-corrected chi connectivity index (χ2v) is 6.11. The van der Waals surface area contributed by atoms with Crippen LogP contribution in [-0.2, 0) is 16.0 Å². The molecule has 1 fully saturated rings. The molecular weight excluding hydrogens is 266 g/mol. The molecule has 1 heterocycles. The first-order chi connectivity index (χ1) is 10.1. The van der Waals surface area contributed by atoms with E-state index in [1.54, 1.807) is 18.2 Å². The van der Waals surface area contributed by atoms with Crippen LogP contribution in [0, 0.1) is 5.92 Å². The molecule has 0 spiro atoms. The highest BCUT2D eigenvalue weighted by atomic mass is 16.5. The topological polar surface area (TPSA) is 49.8 Å². The van der Waals surface area contributed by atoms with Crippen molar-refractivity contribution in [2.45, 2.75) is 39.2 Å². The van der Waals surface area contributed by atoms with Gasteiger partial charge in [0.15, 0.2) is 0 Å². The summed E-state index contributed by atoms with van der Waals surface area (Å²) >= 11 is 0. The first-order valence-corrected chi connectivity index (χ1v) is 7.72. The van der Waals surface area contributed by atoms with Crippen LogP contribution in [-0.4, -0.2) is 41.7 Å². The van der Waals surface area contributed by atoms with Crippen LogP contribution < -0.4 is 0 Å². The van der Waals surface area contributed by atoms with Gasteiger partial charge in [-0.3, -0.25) is 4.79 Å². The minimum atomic E-state index is 0.0615. The van der Waals surface area contributed by atoms with Crippen LogP contribution in [0.5, 0.6) is 5.75 Å². The van der Waals surface area contributed by atoms with E-state index in [9.17, 15) is 9.90 Å². The summed E-state index contributed by atoms with van der Waals surface area (Å²) in [6, 6.07) is 7.01.